The fraction of sp³-hybridized carbons (Fsp3) is 0.318. The van der Waals surface area contributed by atoms with Crippen molar-refractivity contribution in [3.63, 3.8) is 0 Å². The highest BCUT2D eigenvalue weighted by Gasteiger charge is 2.21. The number of halogens is 1. The van der Waals surface area contributed by atoms with Gasteiger partial charge in [0.05, 0.1) is 44.6 Å². The van der Waals surface area contributed by atoms with Gasteiger partial charge in [-0.1, -0.05) is 35.9 Å². The molecular weight excluding hydrogens is 388 g/mol. The Balaban J connectivity index is 1.85. The van der Waals surface area contributed by atoms with E-state index < -0.39 is 0 Å². The van der Waals surface area contributed by atoms with Crippen molar-refractivity contribution in [2.75, 3.05) is 38.2 Å². The summed E-state index contributed by atoms with van der Waals surface area (Å²) >= 11 is 7.81. The molecule has 2 heterocycles. The van der Waals surface area contributed by atoms with E-state index in [9.17, 15) is 0 Å². The van der Waals surface area contributed by atoms with Crippen molar-refractivity contribution in [3.05, 3.63) is 68.8 Å². The summed E-state index contributed by atoms with van der Waals surface area (Å²) in [5.41, 5.74) is 5.88. The molecule has 0 aliphatic carbocycles. The summed E-state index contributed by atoms with van der Waals surface area (Å²) in [4.78, 5) is 7.66. The van der Waals surface area contributed by atoms with Gasteiger partial charge in [0, 0.05) is 16.0 Å². The molecule has 146 valence electrons. The van der Waals surface area contributed by atoms with Gasteiger partial charge in [0.1, 0.15) is 0 Å². The van der Waals surface area contributed by atoms with E-state index in [1.165, 1.54) is 16.8 Å². The van der Waals surface area contributed by atoms with Gasteiger partial charge in [-0.25, -0.2) is 9.67 Å². The van der Waals surface area contributed by atoms with Crippen LogP contribution in [0.5, 0.6) is 0 Å². The van der Waals surface area contributed by atoms with Crippen molar-refractivity contribution in [2.24, 2.45) is 4.99 Å². The predicted molar refractivity (Wildman–Crippen MR) is 118 cm³/mol. The van der Waals surface area contributed by atoms with Crippen molar-refractivity contribution < 1.29 is 4.90 Å². The van der Waals surface area contributed by atoms with Crippen LogP contribution < -0.4 is 14.7 Å². The van der Waals surface area contributed by atoms with E-state index in [1.54, 1.807) is 16.2 Å². The minimum absolute atomic E-state index is 0.758. The largest absolute Gasteiger partial charge is 0.334 e. The second kappa shape index (κ2) is 8.11. The van der Waals surface area contributed by atoms with E-state index in [2.05, 4.69) is 66.3 Å². The van der Waals surface area contributed by atoms with Gasteiger partial charge in [0.2, 0.25) is 4.80 Å². The summed E-state index contributed by atoms with van der Waals surface area (Å²) in [6.07, 6.45) is 0. The number of thiazole rings is 1. The molecule has 1 aromatic heterocycles. The van der Waals surface area contributed by atoms with Gasteiger partial charge in [-0.2, -0.15) is 0 Å². The lowest BCUT2D eigenvalue weighted by atomic mass is 10.1. The molecule has 0 saturated carbocycles. The molecule has 1 saturated heterocycles. The van der Waals surface area contributed by atoms with Gasteiger partial charge in [-0.15, -0.1) is 11.3 Å². The van der Waals surface area contributed by atoms with Crippen LogP contribution in [0.1, 0.15) is 11.1 Å². The third-order valence-electron chi connectivity index (χ3n) is 5.49. The van der Waals surface area contributed by atoms with Crippen LogP contribution in [0.3, 0.4) is 0 Å². The number of likely N-dealkylation sites (N-methyl/N-ethyl adjacent to an activating group) is 1. The van der Waals surface area contributed by atoms with Crippen molar-refractivity contribution in [1.82, 2.24) is 4.68 Å². The maximum atomic E-state index is 6.11. The smallest absolute Gasteiger partial charge is 0.209 e. The zero-order chi connectivity index (χ0) is 19.7. The second-order valence-electron chi connectivity index (χ2n) is 7.46. The minimum Gasteiger partial charge on any atom is -0.334 e. The van der Waals surface area contributed by atoms with Gasteiger partial charge >= 0.3 is 0 Å². The lowest BCUT2D eigenvalue weighted by Gasteiger charge is -2.33. The number of quaternary nitrogens is 1. The topological polar surface area (TPSA) is 25.0 Å². The Kier molecular flexibility index (Phi) is 5.58. The molecule has 6 heteroatoms. The zero-order valence-corrected chi connectivity index (χ0v) is 18.1. The number of nitrogens with zero attached hydrogens (tertiary/aromatic N) is 3. The number of rotatable bonds is 3. The van der Waals surface area contributed by atoms with Gasteiger partial charge < -0.3 is 4.90 Å². The minimum atomic E-state index is 0.758. The summed E-state index contributed by atoms with van der Waals surface area (Å²) in [5.74, 6) is 0. The molecule has 1 aliphatic rings. The van der Waals surface area contributed by atoms with Crippen LogP contribution in [-0.2, 0) is 0 Å². The van der Waals surface area contributed by atoms with Crippen LogP contribution in [0.2, 0.25) is 5.02 Å². The molecule has 1 aliphatic heterocycles. The molecule has 0 bridgehead atoms. The van der Waals surface area contributed by atoms with E-state index in [-0.39, 0.29) is 0 Å². The molecule has 0 amide bonds. The number of aryl methyl sites for hydroxylation is 1. The molecule has 0 unspecified atom stereocenters. The summed E-state index contributed by atoms with van der Waals surface area (Å²) in [6.45, 7) is 8.58. The van der Waals surface area contributed by atoms with Gasteiger partial charge in [0.15, 0.2) is 0 Å². The van der Waals surface area contributed by atoms with Crippen LogP contribution >= 0.6 is 22.9 Å². The zero-order valence-electron chi connectivity index (χ0n) is 16.6. The van der Waals surface area contributed by atoms with Crippen molar-refractivity contribution in [3.8, 4) is 11.3 Å². The number of aromatic nitrogens is 1. The van der Waals surface area contributed by atoms with Crippen molar-refractivity contribution in [1.29, 1.82) is 0 Å². The molecular formula is C22H26ClN4S+. The first kappa shape index (κ1) is 19.2. The SMILES string of the molecule is Cc1cccc(N=c2scc(-c3ccc(Cl)cc3)n2N2CC[NH+](C)CC2)c1C. The summed E-state index contributed by atoms with van der Waals surface area (Å²) in [6, 6.07) is 14.4. The fourth-order valence-electron chi connectivity index (χ4n) is 3.51. The van der Waals surface area contributed by atoms with Crippen LogP contribution in [0, 0.1) is 13.8 Å². The Morgan fingerprint density at radius 1 is 1.04 bits per heavy atom. The third kappa shape index (κ3) is 3.88. The fourth-order valence-corrected chi connectivity index (χ4v) is 4.55. The molecule has 1 N–H and O–H groups in total. The number of nitrogens with one attached hydrogen (secondary N) is 1. The Hall–Kier alpha value is -2.08. The van der Waals surface area contributed by atoms with E-state index in [0.29, 0.717) is 0 Å². The quantitative estimate of drug-likeness (QED) is 0.700. The van der Waals surface area contributed by atoms with Crippen LogP contribution in [-0.4, -0.2) is 37.9 Å². The standard InChI is InChI=1S/C22H25ClN4S/c1-16-5-4-6-20(17(16)2)24-22-27(26-13-11-25(3)12-14-26)21(15-28-22)18-7-9-19(23)10-8-18/h4-10,15H,11-14H2,1-3H3/p+1. The average molecular weight is 414 g/mol. The highest BCUT2D eigenvalue weighted by molar-refractivity contribution is 7.07. The van der Waals surface area contributed by atoms with Crippen molar-refractivity contribution in [2.45, 2.75) is 13.8 Å². The van der Waals surface area contributed by atoms with Gasteiger partial charge in [-0.3, -0.25) is 5.01 Å². The molecule has 1 fully saturated rings. The lowest BCUT2D eigenvalue weighted by molar-refractivity contribution is -0.880. The maximum absolute atomic E-state index is 6.11. The molecule has 3 aromatic rings. The third-order valence-corrected chi connectivity index (χ3v) is 6.56. The van der Waals surface area contributed by atoms with E-state index in [0.717, 1.165) is 47.3 Å². The highest BCUT2D eigenvalue weighted by atomic mass is 35.5. The van der Waals surface area contributed by atoms with Gasteiger partial charge in [0.25, 0.3) is 0 Å². The highest BCUT2D eigenvalue weighted by Crippen LogP contribution is 2.24. The summed E-state index contributed by atoms with van der Waals surface area (Å²) in [5, 5.41) is 5.39. The first-order chi connectivity index (χ1) is 13.5. The first-order valence-electron chi connectivity index (χ1n) is 9.67. The number of benzene rings is 2. The number of piperazine rings is 1. The molecule has 4 rings (SSSR count). The maximum Gasteiger partial charge on any atom is 0.209 e. The summed E-state index contributed by atoms with van der Waals surface area (Å²) in [7, 11) is 2.26. The Morgan fingerprint density at radius 2 is 1.75 bits per heavy atom. The van der Waals surface area contributed by atoms with Crippen molar-refractivity contribution >= 4 is 28.6 Å². The predicted octanol–water partition coefficient (Wildman–Crippen LogP) is 3.19. The molecule has 4 nitrogen and oxygen atoms in total. The molecule has 2 aromatic carbocycles. The Morgan fingerprint density at radius 3 is 2.46 bits per heavy atom. The van der Waals surface area contributed by atoms with E-state index >= 15 is 0 Å². The molecule has 0 atom stereocenters. The molecule has 0 spiro atoms. The van der Waals surface area contributed by atoms with Crippen LogP contribution in [0.4, 0.5) is 5.69 Å². The number of hydrogen-bond donors (Lipinski definition) is 1. The molecule has 0 radical (unpaired) electrons. The normalized spacial score (nSPS) is 16.0. The van der Waals surface area contributed by atoms with Crippen LogP contribution in [0.25, 0.3) is 11.3 Å². The molecule has 28 heavy (non-hydrogen) atoms. The Labute approximate surface area is 175 Å². The van der Waals surface area contributed by atoms with E-state index in [4.69, 9.17) is 16.6 Å². The first-order valence-corrected chi connectivity index (χ1v) is 10.9. The lowest BCUT2D eigenvalue weighted by Crippen LogP contribution is -3.12. The van der Waals surface area contributed by atoms with Crippen LogP contribution in [0.15, 0.2) is 52.8 Å². The number of hydrogen-bond acceptors (Lipinski definition) is 3. The monoisotopic (exact) mass is 413 g/mol. The van der Waals surface area contributed by atoms with Gasteiger partial charge in [-0.05, 0) is 43.2 Å². The van der Waals surface area contributed by atoms with E-state index in [1.807, 2.05) is 12.1 Å². The average Bonchev–Trinajstić information content (AvgIpc) is 3.10. The Bertz CT molecular complexity index is 1030. The second-order valence-corrected chi connectivity index (χ2v) is 8.74. The summed E-state index contributed by atoms with van der Waals surface area (Å²) < 4.78 is 2.31.